The second-order valence-corrected chi connectivity index (χ2v) is 8.85. The van der Waals surface area contributed by atoms with Gasteiger partial charge in [0, 0.05) is 12.2 Å². The number of aliphatic carboxylic acids is 1. The molecule has 1 aliphatic carbocycles. The smallest absolute Gasteiger partial charge is 0.318 e. The lowest BCUT2D eigenvalue weighted by atomic mass is 9.69. The summed E-state index contributed by atoms with van der Waals surface area (Å²) in [7, 11) is 0. The first-order chi connectivity index (χ1) is 14.7. The van der Waals surface area contributed by atoms with Crippen LogP contribution in [-0.4, -0.2) is 41.0 Å². The third-order valence-corrected chi connectivity index (χ3v) is 6.25. The fourth-order valence-electron chi connectivity index (χ4n) is 4.67. The van der Waals surface area contributed by atoms with Crippen LogP contribution in [0.5, 0.6) is 0 Å². The van der Waals surface area contributed by atoms with Gasteiger partial charge < -0.3 is 14.7 Å². The maximum atomic E-state index is 13.4. The first kappa shape index (κ1) is 24.9. The normalized spacial score (nSPS) is 24.1. The Morgan fingerprint density at radius 2 is 1.97 bits per heavy atom. The predicted molar refractivity (Wildman–Crippen MR) is 120 cm³/mol. The maximum absolute atomic E-state index is 13.4. The number of carboxylic acids is 1. The van der Waals surface area contributed by atoms with Crippen molar-refractivity contribution in [1.82, 2.24) is 4.90 Å². The molecule has 31 heavy (non-hydrogen) atoms. The molecular formula is C25H37NO5. The van der Waals surface area contributed by atoms with E-state index in [1.165, 1.54) is 11.1 Å². The largest absolute Gasteiger partial charge is 0.481 e. The van der Waals surface area contributed by atoms with Crippen LogP contribution in [0.3, 0.4) is 0 Å². The van der Waals surface area contributed by atoms with Gasteiger partial charge in [-0.25, -0.2) is 0 Å². The van der Waals surface area contributed by atoms with Gasteiger partial charge in [0.15, 0.2) is 0 Å². The summed E-state index contributed by atoms with van der Waals surface area (Å²) < 4.78 is 5.42. The molecule has 1 N–H and O–H groups in total. The van der Waals surface area contributed by atoms with Crippen LogP contribution in [0.4, 0.5) is 0 Å². The highest BCUT2D eigenvalue weighted by Gasteiger charge is 2.61. The van der Waals surface area contributed by atoms with Crippen LogP contribution in [0.1, 0.15) is 79.1 Å². The molecule has 6 heteroatoms. The van der Waals surface area contributed by atoms with Crippen LogP contribution in [0.25, 0.3) is 0 Å². The molecule has 1 aliphatic heterocycles. The average Bonchev–Trinajstić information content (AvgIpc) is 2.87. The molecule has 0 saturated carbocycles. The summed E-state index contributed by atoms with van der Waals surface area (Å²) in [5.41, 5.74) is 1.89. The number of carboxylic acid groups (broad SMARTS) is 1. The van der Waals surface area contributed by atoms with Crippen molar-refractivity contribution in [2.75, 3.05) is 13.2 Å². The Kier molecular flexibility index (Phi) is 9.08. The van der Waals surface area contributed by atoms with Gasteiger partial charge in [-0.15, -0.1) is 0 Å². The fourth-order valence-corrected chi connectivity index (χ4v) is 4.67. The number of amides is 1. The topological polar surface area (TPSA) is 83.9 Å². The Labute approximate surface area is 186 Å². The number of rotatable bonds is 9. The van der Waals surface area contributed by atoms with E-state index in [9.17, 15) is 19.5 Å². The molecule has 0 unspecified atom stereocenters. The molecule has 6 nitrogen and oxygen atoms in total. The molecule has 0 aromatic rings. The van der Waals surface area contributed by atoms with Gasteiger partial charge >= 0.3 is 11.9 Å². The minimum atomic E-state index is -1.20. The summed E-state index contributed by atoms with van der Waals surface area (Å²) in [6.45, 7) is 8.47. The van der Waals surface area contributed by atoms with E-state index >= 15 is 0 Å². The van der Waals surface area contributed by atoms with Crippen LogP contribution in [0.15, 0.2) is 35.1 Å². The van der Waals surface area contributed by atoms with Gasteiger partial charge in [0.2, 0.25) is 5.91 Å². The molecule has 1 fully saturated rings. The molecule has 0 radical (unpaired) electrons. The zero-order valence-electron chi connectivity index (χ0n) is 19.4. The van der Waals surface area contributed by atoms with Crippen molar-refractivity contribution in [3.05, 3.63) is 35.1 Å². The van der Waals surface area contributed by atoms with Gasteiger partial charge in [0.05, 0.1) is 18.9 Å². The minimum absolute atomic E-state index is 0.200. The number of carbonyl (C=O) groups is 3. The third kappa shape index (κ3) is 5.86. The molecule has 0 bridgehead atoms. The Balaban J connectivity index is 2.42. The van der Waals surface area contributed by atoms with Crippen molar-refractivity contribution < 1.29 is 24.2 Å². The van der Waals surface area contributed by atoms with Crippen LogP contribution in [-0.2, 0) is 19.1 Å². The average molecular weight is 432 g/mol. The monoisotopic (exact) mass is 431 g/mol. The molecule has 172 valence electrons. The molecule has 0 aromatic heterocycles. The highest BCUT2D eigenvalue weighted by Crippen LogP contribution is 2.52. The summed E-state index contributed by atoms with van der Waals surface area (Å²) in [5.74, 6) is -2.74. The molecule has 0 aromatic carbocycles. The Bertz CT molecular complexity index is 775. The highest BCUT2D eigenvalue weighted by molar-refractivity contribution is 5.98. The standard InChI is InChI=1S/C25H37NO5/c1-5-31-24(30)25-15-9-7-6-8-13-21(25)26(23(29)20(25)17-22(27)28)16-14-19(4)12-10-11-18(2)3/h11,13-14,20H,5-10,12,15-17H2,1-4H3,(H,27,28)/t20-,25-/m1/s1. The number of hydrogen-bond donors (Lipinski definition) is 1. The summed E-state index contributed by atoms with van der Waals surface area (Å²) in [5, 5.41) is 9.52. The van der Waals surface area contributed by atoms with Crippen molar-refractivity contribution >= 4 is 17.8 Å². The first-order valence-corrected chi connectivity index (χ1v) is 11.4. The number of carbonyl (C=O) groups excluding carboxylic acids is 2. The zero-order valence-corrected chi connectivity index (χ0v) is 19.4. The molecule has 1 amide bonds. The molecule has 0 spiro atoms. The van der Waals surface area contributed by atoms with Crippen molar-refractivity contribution in [3.8, 4) is 0 Å². The lowest BCUT2D eigenvalue weighted by molar-refractivity contribution is -0.159. The van der Waals surface area contributed by atoms with E-state index in [0.717, 1.165) is 38.5 Å². The highest BCUT2D eigenvalue weighted by atomic mass is 16.5. The van der Waals surface area contributed by atoms with E-state index in [1.807, 2.05) is 19.1 Å². The number of nitrogens with zero attached hydrogens (tertiary/aromatic N) is 1. The van der Waals surface area contributed by atoms with Gasteiger partial charge in [0.25, 0.3) is 0 Å². The number of allylic oxidation sites excluding steroid dienone is 4. The van der Waals surface area contributed by atoms with Gasteiger partial charge in [-0.05, 0) is 59.8 Å². The van der Waals surface area contributed by atoms with E-state index in [2.05, 4.69) is 19.9 Å². The van der Waals surface area contributed by atoms with Crippen LogP contribution in [0, 0.1) is 11.3 Å². The predicted octanol–water partition coefficient (Wildman–Crippen LogP) is 5.01. The van der Waals surface area contributed by atoms with E-state index < -0.39 is 23.3 Å². The van der Waals surface area contributed by atoms with Crippen LogP contribution < -0.4 is 0 Å². The quantitative estimate of drug-likeness (QED) is 0.410. The maximum Gasteiger partial charge on any atom is 0.318 e. The molecular weight excluding hydrogens is 394 g/mol. The van der Waals surface area contributed by atoms with E-state index in [0.29, 0.717) is 18.7 Å². The van der Waals surface area contributed by atoms with Gasteiger partial charge in [-0.2, -0.15) is 0 Å². The number of hydrogen-bond acceptors (Lipinski definition) is 4. The van der Waals surface area contributed by atoms with Crippen molar-refractivity contribution in [1.29, 1.82) is 0 Å². The van der Waals surface area contributed by atoms with Gasteiger partial charge in [-0.1, -0.05) is 42.2 Å². The summed E-state index contributed by atoms with van der Waals surface area (Å²) in [6, 6.07) is 0. The van der Waals surface area contributed by atoms with Crippen molar-refractivity contribution in [2.45, 2.75) is 79.1 Å². The number of ether oxygens (including phenoxy) is 1. The summed E-state index contributed by atoms with van der Waals surface area (Å²) >= 11 is 0. The minimum Gasteiger partial charge on any atom is -0.481 e. The number of fused-ring (bicyclic) bond motifs is 1. The molecule has 1 heterocycles. The van der Waals surface area contributed by atoms with Gasteiger partial charge in [0.1, 0.15) is 5.41 Å². The Morgan fingerprint density at radius 3 is 2.61 bits per heavy atom. The van der Waals surface area contributed by atoms with E-state index in [4.69, 9.17) is 4.74 Å². The lowest BCUT2D eigenvalue weighted by Crippen LogP contribution is -2.41. The van der Waals surface area contributed by atoms with E-state index in [1.54, 1.807) is 11.8 Å². The van der Waals surface area contributed by atoms with Crippen LogP contribution in [0.2, 0.25) is 0 Å². The second kappa shape index (κ2) is 11.3. The number of esters is 1. The lowest BCUT2D eigenvalue weighted by Gasteiger charge is -2.33. The Hall–Kier alpha value is -2.37. The van der Waals surface area contributed by atoms with Gasteiger partial charge in [-0.3, -0.25) is 14.4 Å². The SMILES string of the molecule is CCOC(=O)[C@@]12CCCCCC=C1N(CC=C(C)CCC=C(C)C)C(=O)[C@H]2CC(=O)O. The fraction of sp³-hybridized carbons (Fsp3) is 0.640. The second-order valence-electron chi connectivity index (χ2n) is 8.85. The molecule has 2 aliphatic rings. The Morgan fingerprint density at radius 1 is 1.23 bits per heavy atom. The zero-order chi connectivity index (χ0) is 23.0. The number of likely N-dealkylation sites (tertiary alicyclic amines) is 1. The molecule has 2 rings (SSSR count). The first-order valence-electron chi connectivity index (χ1n) is 11.4. The van der Waals surface area contributed by atoms with Crippen LogP contribution >= 0.6 is 0 Å². The third-order valence-electron chi connectivity index (χ3n) is 6.25. The van der Waals surface area contributed by atoms with Crippen molar-refractivity contribution in [3.63, 3.8) is 0 Å². The molecule has 2 atom stereocenters. The summed E-state index contributed by atoms with van der Waals surface area (Å²) in [4.78, 5) is 40.0. The molecule has 1 saturated heterocycles. The van der Waals surface area contributed by atoms with E-state index in [-0.39, 0.29) is 18.9 Å². The van der Waals surface area contributed by atoms with Crippen molar-refractivity contribution in [2.24, 2.45) is 11.3 Å². The summed E-state index contributed by atoms with van der Waals surface area (Å²) in [6.07, 6.45) is 11.6.